The Balaban J connectivity index is 2.49. The maximum Gasteiger partial charge on any atom is 0.261 e. The van der Waals surface area contributed by atoms with E-state index >= 15 is 0 Å². The molecule has 0 unspecified atom stereocenters. The van der Waals surface area contributed by atoms with Gasteiger partial charge in [-0.05, 0) is 15.4 Å². The first-order valence-electron chi connectivity index (χ1n) is 11.7. The summed E-state index contributed by atoms with van der Waals surface area (Å²) < 4.78 is 23.8. The molecule has 0 aliphatic carbocycles. The lowest BCUT2D eigenvalue weighted by atomic mass is 9.82. The third-order valence-corrected chi connectivity index (χ3v) is 11.5. The van der Waals surface area contributed by atoms with Gasteiger partial charge in [-0.3, -0.25) is 0 Å². The van der Waals surface area contributed by atoms with E-state index in [1.165, 1.54) is 0 Å². The zero-order valence-corrected chi connectivity index (χ0v) is 22.8. The third kappa shape index (κ3) is 6.25. The smallest absolute Gasteiger partial charge is 0.261 e. The van der Waals surface area contributed by atoms with Crippen molar-refractivity contribution in [3.8, 4) is 0 Å². The van der Waals surface area contributed by atoms with E-state index in [1.807, 2.05) is 56.3 Å². The van der Waals surface area contributed by atoms with Crippen LogP contribution in [0, 0.1) is 5.41 Å². The lowest BCUT2D eigenvalue weighted by Crippen LogP contribution is -2.67. The molecule has 2 rings (SSSR count). The minimum Gasteiger partial charge on any atom is -0.405 e. The Morgan fingerprint density at radius 2 is 1.41 bits per heavy atom. The molecule has 0 spiro atoms. The molecule has 2 aromatic carbocycles. The normalized spacial score (nSPS) is 15.5. The minimum absolute atomic E-state index is 0.0357. The summed E-state index contributed by atoms with van der Waals surface area (Å²) in [6.07, 6.45) is -0.241. The highest BCUT2D eigenvalue weighted by atomic mass is 28.4. The van der Waals surface area contributed by atoms with Gasteiger partial charge in [0.15, 0.2) is 0 Å². The van der Waals surface area contributed by atoms with Gasteiger partial charge in [0.2, 0.25) is 0 Å². The van der Waals surface area contributed by atoms with Gasteiger partial charge in [0, 0.05) is 19.6 Å². The average molecular weight is 487 g/mol. The van der Waals surface area contributed by atoms with E-state index in [0.29, 0.717) is 0 Å². The number of hydrogen-bond acceptors (Lipinski definition) is 5. The fourth-order valence-electron chi connectivity index (χ4n) is 4.59. The fourth-order valence-corrected chi connectivity index (χ4v) is 9.17. The molecule has 0 amide bonds. The Morgan fingerprint density at radius 3 is 1.79 bits per heavy atom. The van der Waals surface area contributed by atoms with Gasteiger partial charge < -0.3 is 23.7 Å². The molecule has 0 aliphatic heterocycles. The van der Waals surface area contributed by atoms with Gasteiger partial charge in [0.05, 0.1) is 12.7 Å². The predicted molar refractivity (Wildman–Crippen MR) is 141 cm³/mol. The van der Waals surface area contributed by atoms with Crippen LogP contribution < -0.4 is 10.4 Å². The van der Waals surface area contributed by atoms with E-state index in [9.17, 15) is 5.11 Å². The number of hydrogen-bond donors (Lipinski definition) is 1. The van der Waals surface area contributed by atoms with Gasteiger partial charge in [-0.1, -0.05) is 101 Å². The fraction of sp³-hybridized carbons (Fsp3) is 0.500. The van der Waals surface area contributed by atoms with Crippen molar-refractivity contribution >= 4 is 18.7 Å². The second-order valence-corrected chi connectivity index (χ2v) is 14.6. The topological polar surface area (TPSA) is 57.2 Å². The van der Waals surface area contributed by atoms with E-state index in [0.717, 1.165) is 10.4 Å². The lowest BCUT2D eigenvalue weighted by Gasteiger charge is -2.44. The van der Waals surface area contributed by atoms with E-state index < -0.39 is 32.0 Å². The summed E-state index contributed by atoms with van der Waals surface area (Å²) >= 11 is 0. The summed E-state index contributed by atoms with van der Waals surface area (Å²) in [7, 11) is 0.382. The van der Waals surface area contributed by atoms with Crippen molar-refractivity contribution in [2.24, 2.45) is 5.41 Å². The molecule has 0 radical (unpaired) electrons. The first kappa shape index (κ1) is 28.4. The van der Waals surface area contributed by atoms with Crippen LogP contribution >= 0.6 is 0 Å². The van der Waals surface area contributed by atoms with Crippen molar-refractivity contribution in [2.45, 2.75) is 58.0 Å². The minimum atomic E-state index is -2.80. The molecule has 0 saturated carbocycles. The average Bonchev–Trinajstić information content (AvgIpc) is 2.82. The molecule has 0 aliphatic rings. The number of methoxy groups -OCH3 is 2. The molecule has 188 valence electrons. The van der Waals surface area contributed by atoms with Crippen LogP contribution in [-0.4, -0.2) is 59.4 Å². The number of aliphatic hydroxyl groups excluding tert-OH is 1. The second kappa shape index (κ2) is 12.2. The number of rotatable bonds is 13. The molecule has 0 saturated heterocycles. The highest BCUT2D eigenvalue weighted by molar-refractivity contribution is 6.99. The monoisotopic (exact) mass is 486 g/mol. The quantitative estimate of drug-likeness (QED) is 0.262. The van der Waals surface area contributed by atoms with Crippen LogP contribution in [0.5, 0.6) is 0 Å². The van der Waals surface area contributed by atoms with Gasteiger partial charge >= 0.3 is 0 Å². The Labute approximate surface area is 206 Å². The molecular formula is C28H42O5Si. The Morgan fingerprint density at radius 1 is 0.912 bits per heavy atom. The standard InChI is InChI=1S/C28H42O5Si/c1-9-28(5,6)26(31-8)25(32-21-30-7)24(29)20-33-34(27(2,3)4,22-16-12-10-13-17-22)23-18-14-11-15-19-23/h9-19,24-26,29H,1,20-21H2,2-8H3/t24-,25-,26-/m1/s1. The second-order valence-electron chi connectivity index (χ2n) is 10.3. The molecule has 5 nitrogen and oxygen atoms in total. The Hall–Kier alpha value is -1.80. The van der Waals surface area contributed by atoms with Crippen LogP contribution in [0.25, 0.3) is 0 Å². The molecule has 2 aromatic rings. The molecule has 1 N–H and O–H groups in total. The van der Waals surface area contributed by atoms with Gasteiger partial charge in [-0.25, -0.2) is 0 Å². The number of ether oxygens (including phenoxy) is 3. The molecule has 34 heavy (non-hydrogen) atoms. The maximum absolute atomic E-state index is 11.4. The van der Waals surface area contributed by atoms with Crippen molar-refractivity contribution < 1.29 is 23.7 Å². The highest BCUT2D eigenvalue weighted by Gasteiger charge is 2.51. The Kier molecular flexibility index (Phi) is 10.2. The van der Waals surface area contributed by atoms with Crippen LogP contribution in [0.3, 0.4) is 0 Å². The summed E-state index contributed by atoms with van der Waals surface area (Å²) in [6.45, 7) is 14.7. The summed E-state index contributed by atoms with van der Waals surface area (Å²) in [5.41, 5.74) is -0.439. The third-order valence-electron chi connectivity index (χ3n) is 6.46. The lowest BCUT2D eigenvalue weighted by molar-refractivity contribution is -0.181. The van der Waals surface area contributed by atoms with Gasteiger partial charge in [-0.2, -0.15) is 0 Å². The van der Waals surface area contributed by atoms with Crippen LogP contribution in [0.1, 0.15) is 34.6 Å². The molecule has 0 aromatic heterocycles. The van der Waals surface area contributed by atoms with Crippen molar-refractivity contribution in [3.63, 3.8) is 0 Å². The molecule has 0 heterocycles. The number of benzene rings is 2. The molecule has 3 atom stereocenters. The maximum atomic E-state index is 11.4. The first-order valence-corrected chi connectivity index (χ1v) is 13.7. The van der Waals surface area contributed by atoms with E-state index in [1.54, 1.807) is 14.2 Å². The highest BCUT2D eigenvalue weighted by Crippen LogP contribution is 2.37. The van der Waals surface area contributed by atoms with Crippen molar-refractivity contribution in [2.75, 3.05) is 27.6 Å². The van der Waals surface area contributed by atoms with Crippen LogP contribution in [-0.2, 0) is 18.6 Å². The zero-order valence-electron chi connectivity index (χ0n) is 21.8. The van der Waals surface area contributed by atoms with Crippen molar-refractivity contribution in [3.05, 3.63) is 73.3 Å². The molecule has 6 heteroatoms. The predicted octanol–water partition coefficient (Wildman–Crippen LogP) is 4.14. The van der Waals surface area contributed by atoms with E-state index in [-0.39, 0.29) is 18.4 Å². The van der Waals surface area contributed by atoms with Crippen molar-refractivity contribution in [1.82, 2.24) is 0 Å². The van der Waals surface area contributed by atoms with Crippen LogP contribution in [0.15, 0.2) is 73.3 Å². The van der Waals surface area contributed by atoms with Gasteiger partial charge in [0.1, 0.15) is 19.0 Å². The zero-order chi connectivity index (χ0) is 25.4. The largest absolute Gasteiger partial charge is 0.405 e. The summed E-state index contributed by atoms with van der Waals surface area (Å²) in [5, 5.41) is 13.5. The summed E-state index contributed by atoms with van der Waals surface area (Å²) in [6, 6.07) is 20.7. The SMILES string of the molecule is C=CC(C)(C)[C@H](OC)[C@H](OCOC)[C@H](O)CO[Si](c1ccccc1)(c1ccccc1)C(C)(C)C. The van der Waals surface area contributed by atoms with Crippen LogP contribution in [0.2, 0.25) is 5.04 Å². The van der Waals surface area contributed by atoms with Crippen LogP contribution in [0.4, 0.5) is 0 Å². The summed E-state index contributed by atoms with van der Waals surface area (Å²) in [4.78, 5) is 0. The molecule has 0 fully saturated rings. The summed E-state index contributed by atoms with van der Waals surface area (Å²) in [5.74, 6) is 0. The van der Waals surface area contributed by atoms with Crippen molar-refractivity contribution in [1.29, 1.82) is 0 Å². The van der Waals surface area contributed by atoms with E-state index in [2.05, 4.69) is 51.6 Å². The molecular weight excluding hydrogens is 444 g/mol. The first-order chi connectivity index (χ1) is 16.0. The van der Waals surface area contributed by atoms with E-state index in [4.69, 9.17) is 18.6 Å². The number of aliphatic hydroxyl groups is 1. The van der Waals surface area contributed by atoms with Gasteiger partial charge in [0.25, 0.3) is 8.32 Å². The Bertz CT molecular complexity index is 824. The molecule has 0 bridgehead atoms. The van der Waals surface area contributed by atoms with Gasteiger partial charge in [-0.15, -0.1) is 6.58 Å².